The van der Waals surface area contributed by atoms with Crippen molar-refractivity contribution in [3.8, 4) is 0 Å². The third-order valence-corrected chi connectivity index (χ3v) is 7.01. The van der Waals surface area contributed by atoms with Crippen LogP contribution in [0.25, 0.3) is 0 Å². The van der Waals surface area contributed by atoms with Crippen molar-refractivity contribution in [1.82, 2.24) is 5.32 Å². The lowest BCUT2D eigenvalue weighted by Crippen LogP contribution is -2.62. The van der Waals surface area contributed by atoms with Gasteiger partial charge in [0.25, 0.3) is 0 Å². The predicted molar refractivity (Wildman–Crippen MR) is 124 cm³/mol. The fourth-order valence-electron chi connectivity index (χ4n) is 3.50. The number of hydrogen-bond acceptors (Lipinski definition) is 8. The van der Waals surface area contributed by atoms with E-state index in [0.29, 0.717) is 0 Å². The number of halogens is 3. The molecule has 1 amide bonds. The van der Waals surface area contributed by atoms with E-state index >= 15 is 0 Å². The molecule has 0 saturated carbocycles. The van der Waals surface area contributed by atoms with Crippen LogP contribution < -0.4 is 5.32 Å². The molecule has 1 N–H and O–H groups in total. The van der Waals surface area contributed by atoms with Crippen molar-refractivity contribution >= 4 is 25.4 Å². The molecule has 0 aliphatic heterocycles. The van der Waals surface area contributed by atoms with Crippen molar-refractivity contribution in [2.24, 2.45) is 0 Å². The molecule has 13 heteroatoms. The second-order valence-corrected chi connectivity index (χ2v) is 9.79. The van der Waals surface area contributed by atoms with E-state index in [0.717, 1.165) is 25.1 Å². The van der Waals surface area contributed by atoms with E-state index in [4.69, 9.17) is 18.5 Å². The minimum absolute atomic E-state index is 0.0629. The summed E-state index contributed by atoms with van der Waals surface area (Å²) in [6, 6.07) is 2.77. The number of ether oxygens (including phenoxy) is 2. The first-order valence-corrected chi connectivity index (χ1v) is 13.2. The van der Waals surface area contributed by atoms with Crippen LogP contribution in [0.1, 0.15) is 51.3 Å². The fraction of sp³-hybridized carbons (Fsp3) is 0.609. The molecule has 0 spiro atoms. The van der Waals surface area contributed by atoms with Gasteiger partial charge in [0.2, 0.25) is 11.4 Å². The Balaban J connectivity index is 3.67. The molecule has 0 bridgehead atoms. The van der Waals surface area contributed by atoms with E-state index in [9.17, 15) is 32.1 Å². The second-order valence-electron chi connectivity index (χ2n) is 7.61. The minimum Gasteiger partial charge on any atom is -0.464 e. The highest BCUT2D eigenvalue weighted by Crippen LogP contribution is 2.48. The molecule has 1 rings (SSSR count). The molecule has 204 valence electrons. The van der Waals surface area contributed by atoms with E-state index in [2.05, 4.69) is 5.32 Å². The summed E-state index contributed by atoms with van der Waals surface area (Å²) >= 11 is 0. The first-order valence-electron chi connectivity index (χ1n) is 11.5. The molecular formula is C23H33F3NO8P. The molecule has 36 heavy (non-hydrogen) atoms. The number of esters is 2. The molecule has 0 atom stereocenters. The quantitative estimate of drug-likeness (QED) is 0.214. The number of alkyl halides is 3. The number of benzene rings is 1. The second kappa shape index (κ2) is 13.8. The Morgan fingerprint density at radius 2 is 1.42 bits per heavy atom. The van der Waals surface area contributed by atoms with Crippen LogP contribution in [0.2, 0.25) is 0 Å². The highest BCUT2D eigenvalue weighted by atomic mass is 31.2. The molecule has 0 aliphatic rings. The van der Waals surface area contributed by atoms with E-state index in [1.165, 1.54) is 13.8 Å². The van der Waals surface area contributed by atoms with Gasteiger partial charge in [0.1, 0.15) is 0 Å². The van der Waals surface area contributed by atoms with Gasteiger partial charge in [-0.1, -0.05) is 6.07 Å². The van der Waals surface area contributed by atoms with Gasteiger partial charge in [0, 0.05) is 13.3 Å². The van der Waals surface area contributed by atoms with Crippen LogP contribution in [0.15, 0.2) is 18.2 Å². The summed E-state index contributed by atoms with van der Waals surface area (Å²) in [4.78, 5) is 37.9. The summed E-state index contributed by atoms with van der Waals surface area (Å²) in [7, 11) is -3.56. The van der Waals surface area contributed by atoms with Gasteiger partial charge in [-0.25, -0.2) is 9.59 Å². The number of aryl methyl sites for hydroxylation is 1. The van der Waals surface area contributed by atoms with Crippen LogP contribution in [-0.2, 0) is 56.5 Å². The summed E-state index contributed by atoms with van der Waals surface area (Å²) in [5.41, 5.74) is -3.34. The summed E-state index contributed by atoms with van der Waals surface area (Å²) < 4.78 is 74.0. The summed E-state index contributed by atoms with van der Waals surface area (Å²) in [6.45, 7) is 7.07. The van der Waals surface area contributed by atoms with Crippen molar-refractivity contribution < 1.29 is 50.6 Å². The molecule has 0 aliphatic carbocycles. The van der Waals surface area contributed by atoms with Gasteiger partial charge in [0.15, 0.2) is 0 Å². The zero-order chi connectivity index (χ0) is 27.6. The Morgan fingerprint density at radius 1 is 0.889 bits per heavy atom. The smallest absolute Gasteiger partial charge is 0.416 e. The van der Waals surface area contributed by atoms with Gasteiger partial charge in [-0.05, 0) is 57.4 Å². The van der Waals surface area contributed by atoms with E-state index in [1.807, 2.05) is 0 Å². The van der Waals surface area contributed by atoms with Crippen LogP contribution in [0.5, 0.6) is 0 Å². The van der Waals surface area contributed by atoms with Gasteiger partial charge in [-0.15, -0.1) is 0 Å². The van der Waals surface area contributed by atoms with E-state index in [-0.39, 0.29) is 50.1 Å². The molecule has 0 saturated heterocycles. The van der Waals surface area contributed by atoms with Crippen molar-refractivity contribution in [3.63, 3.8) is 0 Å². The van der Waals surface area contributed by atoms with Gasteiger partial charge in [0.05, 0.1) is 38.2 Å². The maximum Gasteiger partial charge on any atom is 0.416 e. The van der Waals surface area contributed by atoms with E-state index in [1.54, 1.807) is 13.8 Å². The first kappa shape index (κ1) is 31.6. The van der Waals surface area contributed by atoms with Gasteiger partial charge in [-0.3, -0.25) is 9.36 Å². The Bertz CT molecular complexity index is 939. The van der Waals surface area contributed by atoms with Crippen molar-refractivity contribution in [3.05, 3.63) is 34.9 Å². The monoisotopic (exact) mass is 539 g/mol. The summed E-state index contributed by atoms with van der Waals surface area (Å²) in [6.07, 6.45) is -5.66. The maximum atomic E-state index is 13.5. The molecular weight excluding hydrogens is 506 g/mol. The Hall–Kier alpha value is -2.43. The normalized spacial score (nSPS) is 12.2. The number of carbonyl (C=O) groups excluding carboxylic acids is 3. The van der Waals surface area contributed by atoms with Crippen LogP contribution in [-0.4, -0.2) is 56.0 Å². The first-order chi connectivity index (χ1) is 16.8. The zero-order valence-electron chi connectivity index (χ0n) is 21.0. The largest absolute Gasteiger partial charge is 0.464 e. The Labute approximate surface area is 208 Å². The fourth-order valence-corrected chi connectivity index (χ4v) is 5.13. The average molecular weight is 539 g/mol. The maximum absolute atomic E-state index is 13.5. The van der Waals surface area contributed by atoms with Gasteiger partial charge in [-0.2, -0.15) is 13.2 Å². The van der Waals surface area contributed by atoms with E-state index < -0.39 is 49.1 Å². The molecule has 0 radical (unpaired) electrons. The lowest BCUT2D eigenvalue weighted by Gasteiger charge is -2.31. The standard InChI is InChI=1S/C23H33F3NO8P/c1-6-32-20(29)22(27-16(5)28,21(30)33-7-2)15-18-14-19(23(24,25)26)11-10-17(18)12-13-36(31,34-8-3)35-9-4/h10-11,14H,6-9,12-13,15H2,1-5H3,(H,27,28). The molecule has 1 aromatic carbocycles. The molecule has 0 aromatic heterocycles. The van der Waals surface area contributed by atoms with Crippen LogP contribution in [0.3, 0.4) is 0 Å². The number of rotatable bonds is 14. The molecule has 0 heterocycles. The summed E-state index contributed by atoms with van der Waals surface area (Å²) in [5, 5.41) is 2.24. The van der Waals surface area contributed by atoms with Crippen LogP contribution in [0.4, 0.5) is 13.2 Å². The van der Waals surface area contributed by atoms with Gasteiger partial charge < -0.3 is 23.8 Å². The van der Waals surface area contributed by atoms with Gasteiger partial charge >= 0.3 is 25.7 Å². The van der Waals surface area contributed by atoms with Crippen LogP contribution in [0, 0.1) is 0 Å². The molecule has 0 unspecified atom stereocenters. The van der Waals surface area contributed by atoms with Crippen molar-refractivity contribution in [2.75, 3.05) is 32.6 Å². The Kier molecular flexibility index (Phi) is 12.1. The molecule has 9 nitrogen and oxygen atoms in total. The lowest BCUT2D eigenvalue weighted by atomic mass is 9.86. The molecule has 1 aromatic rings. The highest BCUT2D eigenvalue weighted by molar-refractivity contribution is 7.53. The average Bonchev–Trinajstić information content (AvgIpc) is 2.77. The lowest BCUT2D eigenvalue weighted by molar-refractivity contribution is -0.168. The SMILES string of the molecule is CCOC(=O)C(Cc1cc(C(F)(F)F)ccc1CCP(=O)(OCC)OCC)(NC(C)=O)C(=O)OCC. The van der Waals surface area contributed by atoms with Crippen molar-refractivity contribution in [2.45, 2.75) is 59.2 Å². The van der Waals surface area contributed by atoms with Crippen LogP contribution >= 0.6 is 7.60 Å². The number of hydrogen-bond donors (Lipinski definition) is 1. The number of nitrogens with one attached hydrogen (secondary N) is 1. The zero-order valence-corrected chi connectivity index (χ0v) is 21.9. The Morgan fingerprint density at radius 3 is 1.83 bits per heavy atom. The highest BCUT2D eigenvalue weighted by Gasteiger charge is 2.50. The minimum atomic E-state index is -4.73. The third-order valence-electron chi connectivity index (χ3n) is 4.93. The topological polar surface area (TPSA) is 117 Å². The molecule has 0 fully saturated rings. The predicted octanol–water partition coefficient (Wildman–Crippen LogP) is 4.06. The number of carbonyl (C=O) groups is 3. The third kappa shape index (κ3) is 8.60. The number of amides is 1. The summed E-state index contributed by atoms with van der Waals surface area (Å²) in [5.74, 6) is -3.17. The van der Waals surface area contributed by atoms with Crippen molar-refractivity contribution in [1.29, 1.82) is 0 Å².